The zero-order valence-corrected chi connectivity index (χ0v) is 13.3. The van der Waals surface area contributed by atoms with Crippen LogP contribution in [0.2, 0.25) is 0 Å². The fourth-order valence-corrected chi connectivity index (χ4v) is 4.18. The number of nitrogens with one attached hydrogen (secondary N) is 1. The van der Waals surface area contributed by atoms with Crippen LogP contribution >= 0.6 is 11.8 Å². The molecule has 1 unspecified atom stereocenters. The first-order chi connectivity index (χ1) is 10.2. The summed E-state index contributed by atoms with van der Waals surface area (Å²) in [5.74, 6) is 1.12. The number of morpholine rings is 1. The quantitative estimate of drug-likeness (QED) is 0.803. The SMILES string of the molecule is CC(N=C1NC2(CCOCC2)CS1)C(=O)N1CCOCC1. The number of amides is 1. The molecule has 1 atom stereocenters. The number of aliphatic imine (C=N–C) groups is 1. The van der Waals surface area contributed by atoms with Gasteiger partial charge in [0.15, 0.2) is 5.17 Å². The Morgan fingerprint density at radius 1 is 1.29 bits per heavy atom. The van der Waals surface area contributed by atoms with E-state index in [1.54, 1.807) is 11.8 Å². The molecule has 7 heteroatoms. The van der Waals surface area contributed by atoms with Gasteiger partial charge >= 0.3 is 0 Å². The lowest BCUT2D eigenvalue weighted by Crippen LogP contribution is -2.48. The van der Waals surface area contributed by atoms with Crippen molar-refractivity contribution in [2.75, 3.05) is 45.3 Å². The third kappa shape index (κ3) is 3.52. The van der Waals surface area contributed by atoms with Crippen LogP contribution in [0, 0.1) is 0 Å². The molecule has 3 aliphatic heterocycles. The average molecular weight is 313 g/mol. The highest BCUT2D eigenvalue weighted by atomic mass is 32.2. The highest BCUT2D eigenvalue weighted by molar-refractivity contribution is 8.14. The molecule has 1 spiro atoms. The lowest BCUT2D eigenvalue weighted by atomic mass is 9.93. The summed E-state index contributed by atoms with van der Waals surface area (Å²) in [4.78, 5) is 18.8. The maximum absolute atomic E-state index is 12.4. The van der Waals surface area contributed by atoms with Gasteiger partial charge in [-0.2, -0.15) is 0 Å². The summed E-state index contributed by atoms with van der Waals surface area (Å²) in [5, 5.41) is 4.44. The van der Waals surface area contributed by atoms with Gasteiger partial charge in [0.05, 0.1) is 18.8 Å². The first kappa shape index (κ1) is 15.1. The van der Waals surface area contributed by atoms with Crippen LogP contribution in [0.25, 0.3) is 0 Å². The van der Waals surface area contributed by atoms with E-state index in [1.165, 1.54) is 0 Å². The molecule has 0 aliphatic carbocycles. The van der Waals surface area contributed by atoms with Crippen LogP contribution in [0.15, 0.2) is 4.99 Å². The summed E-state index contributed by atoms with van der Waals surface area (Å²) >= 11 is 1.73. The van der Waals surface area contributed by atoms with Gasteiger partial charge in [0.2, 0.25) is 5.91 Å². The predicted molar refractivity (Wildman–Crippen MR) is 82.7 cm³/mol. The van der Waals surface area contributed by atoms with E-state index in [1.807, 2.05) is 11.8 Å². The van der Waals surface area contributed by atoms with Crippen LogP contribution < -0.4 is 5.32 Å². The van der Waals surface area contributed by atoms with Crippen LogP contribution in [-0.4, -0.2) is 72.8 Å². The Morgan fingerprint density at radius 2 is 1.95 bits per heavy atom. The van der Waals surface area contributed by atoms with Gasteiger partial charge < -0.3 is 19.7 Å². The Morgan fingerprint density at radius 3 is 2.67 bits per heavy atom. The minimum atomic E-state index is -0.326. The third-order valence-corrected chi connectivity index (χ3v) is 5.48. The third-order valence-electron chi connectivity index (χ3n) is 4.30. The van der Waals surface area contributed by atoms with Crippen LogP contribution in [0.3, 0.4) is 0 Å². The van der Waals surface area contributed by atoms with Gasteiger partial charge in [-0.25, -0.2) is 4.99 Å². The number of carbonyl (C=O) groups is 1. The molecule has 3 aliphatic rings. The molecular weight excluding hydrogens is 290 g/mol. The highest BCUT2D eigenvalue weighted by Crippen LogP contribution is 2.32. The molecule has 1 N–H and O–H groups in total. The van der Waals surface area contributed by atoms with E-state index in [9.17, 15) is 4.79 Å². The lowest BCUT2D eigenvalue weighted by molar-refractivity contribution is -0.136. The minimum Gasteiger partial charge on any atom is -0.381 e. The van der Waals surface area contributed by atoms with Gasteiger partial charge in [-0.15, -0.1) is 0 Å². The Bertz CT molecular complexity index is 418. The van der Waals surface area contributed by atoms with E-state index in [0.29, 0.717) is 26.3 Å². The van der Waals surface area contributed by atoms with E-state index >= 15 is 0 Å². The fourth-order valence-electron chi connectivity index (χ4n) is 2.89. The largest absolute Gasteiger partial charge is 0.381 e. The molecule has 0 saturated carbocycles. The standard InChI is InChI=1S/C14H23N3O3S/c1-11(12(18)17-4-8-20-9-5-17)15-13-16-14(10-21-13)2-6-19-7-3-14/h11H,2-10H2,1H3,(H,15,16). The molecule has 3 fully saturated rings. The first-order valence-corrected chi connectivity index (χ1v) is 8.60. The van der Waals surface area contributed by atoms with E-state index in [2.05, 4.69) is 10.3 Å². The summed E-state index contributed by atoms with van der Waals surface area (Å²) in [7, 11) is 0. The van der Waals surface area contributed by atoms with Gasteiger partial charge in [0.25, 0.3) is 0 Å². The minimum absolute atomic E-state index is 0.0983. The maximum Gasteiger partial charge on any atom is 0.247 e. The van der Waals surface area contributed by atoms with Crippen molar-refractivity contribution in [3.8, 4) is 0 Å². The molecule has 0 aromatic heterocycles. The number of carbonyl (C=O) groups excluding carboxylic acids is 1. The number of hydrogen-bond acceptors (Lipinski definition) is 5. The summed E-state index contributed by atoms with van der Waals surface area (Å²) in [6, 6.07) is -0.326. The van der Waals surface area contributed by atoms with Crippen molar-refractivity contribution in [2.45, 2.75) is 31.3 Å². The van der Waals surface area contributed by atoms with E-state index in [4.69, 9.17) is 9.47 Å². The van der Waals surface area contributed by atoms with Crippen molar-refractivity contribution < 1.29 is 14.3 Å². The van der Waals surface area contributed by atoms with Crippen molar-refractivity contribution in [3.05, 3.63) is 0 Å². The van der Waals surface area contributed by atoms with Crippen LogP contribution in [-0.2, 0) is 14.3 Å². The molecule has 3 heterocycles. The molecule has 0 aromatic rings. The molecule has 0 radical (unpaired) electrons. The van der Waals surface area contributed by atoms with E-state index < -0.39 is 0 Å². The van der Waals surface area contributed by atoms with Crippen LogP contribution in [0.1, 0.15) is 19.8 Å². The van der Waals surface area contributed by atoms with Crippen molar-refractivity contribution in [2.24, 2.45) is 4.99 Å². The number of hydrogen-bond donors (Lipinski definition) is 1. The zero-order valence-electron chi connectivity index (χ0n) is 12.5. The average Bonchev–Trinajstić information content (AvgIpc) is 2.90. The Balaban J connectivity index is 1.58. The van der Waals surface area contributed by atoms with Crippen LogP contribution in [0.4, 0.5) is 0 Å². The molecule has 118 valence electrons. The van der Waals surface area contributed by atoms with Gasteiger partial charge in [0.1, 0.15) is 6.04 Å². The van der Waals surface area contributed by atoms with Crippen molar-refractivity contribution >= 4 is 22.8 Å². The van der Waals surface area contributed by atoms with Gasteiger partial charge in [-0.1, -0.05) is 11.8 Å². The maximum atomic E-state index is 12.4. The molecule has 21 heavy (non-hydrogen) atoms. The van der Waals surface area contributed by atoms with E-state index in [0.717, 1.165) is 37.0 Å². The summed E-state index contributed by atoms with van der Waals surface area (Å²) in [6.07, 6.45) is 2.04. The second-order valence-corrected chi connectivity index (χ2v) is 6.82. The highest BCUT2D eigenvalue weighted by Gasteiger charge is 2.39. The molecule has 6 nitrogen and oxygen atoms in total. The fraction of sp³-hybridized carbons (Fsp3) is 0.857. The number of amidine groups is 1. The second kappa shape index (κ2) is 6.54. The number of thioether (sulfide) groups is 1. The second-order valence-electron chi connectivity index (χ2n) is 5.85. The summed E-state index contributed by atoms with van der Waals surface area (Å²) < 4.78 is 10.7. The van der Waals surface area contributed by atoms with Crippen molar-refractivity contribution in [3.63, 3.8) is 0 Å². The van der Waals surface area contributed by atoms with Crippen LogP contribution in [0.5, 0.6) is 0 Å². The Hall–Kier alpha value is -0.790. The first-order valence-electron chi connectivity index (χ1n) is 7.62. The topological polar surface area (TPSA) is 63.2 Å². The predicted octanol–water partition coefficient (Wildman–Crippen LogP) is 0.475. The molecule has 0 aromatic carbocycles. The molecule has 0 bridgehead atoms. The molecule has 3 rings (SSSR count). The number of ether oxygens (including phenoxy) is 2. The number of nitrogens with zero attached hydrogens (tertiary/aromatic N) is 2. The Labute approximate surface area is 129 Å². The Kier molecular flexibility index (Phi) is 4.71. The lowest BCUT2D eigenvalue weighted by Gasteiger charge is -2.32. The van der Waals surface area contributed by atoms with Crippen molar-refractivity contribution in [1.82, 2.24) is 10.2 Å². The molecular formula is C14H23N3O3S. The summed E-state index contributed by atoms with van der Waals surface area (Å²) in [5.41, 5.74) is 0.128. The summed E-state index contributed by atoms with van der Waals surface area (Å²) in [6.45, 7) is 6.11. The number of rotatable bonds is 2. The van der Waals surface area contributed by atoms with E-state index in [-0.39, 0.29) is 17.5 Å². The molecule has 3 saturated heterocycles. The zero-order chi connectivity index (χ0) is 14.7. The van der Waals surface area contributed by atoms with Gasteiger partial charge in [-0.05, 0) is 19.8 Å². The molecule has 1 amide bonds. The normalized spacial score (nSPS) is 28.6. The van der Waals surface area contributed by atoms with Gasteiger partial charge in [-0.3, -0.25) is 4.79 Å². The van der Waals surface area contributed by atoms with Gasteiger partial charge in [0, 0.05) is 32.1 Å². The van der Waals surface area contributed by atoms with Crippen molar-refractivity contribution in [1.29, 1.82) is 0 Å². The smallest absolute Gasteiger partial charge is 0.247 e. The monoisotopic (exact) mass is 313 g/mol.